The number of hydrogen-bond acceptors (Lipinski definition) is 3. The van der Waals surface area contributed by atoms with E-state index < -0.39 is 0 Å². The van der Waals surface area contributed by atoms with Crippen LogP contribution >= 0.6 is 45.8 Å². The molecule has 0 fully saturated rings. The van der Waals surface area contributed by atoms with Crippen molar-refractivity contribution in [2.24, 2.45) is 0 Å². The van der Waals surface area contributed by atoms with Crippen LogP contribution in [0.15, 0.2) is 18.2 Å². The average Bonchev–Trinajstić information content (AvgIpc) is 2.37. The van der Waals surface area contributed by atoms with E-state index in [2.05, 4.69) is 32.9 Å². The summed E-state index contributed by atoms with van der Waals surface area (Å²) >= 11 is 14.4. The molecule has 6 heteroatoms. The van der Waals surface area contributed by atoms with Gasteiger partial charge in [0, 0.05) is 5.39 Å². The monoisotopic (exact) mass is 410 g/mol. The zero-order valence-electron chi connectivity index (χ0n) is 10.3. The highest BCUT2D eigenvalue weighted by molar-refractivity contribution is 14.1. The standard InChI is InChI=1S/C13H13Cl2IN2O/c1-17-5-2-6-19-13-10(16)7-9(14)8-3-4-11(15)18-12(8)13/h3-4,7,17H,2,5-6H2,1H3. The average molecular weight is 411 g/mol. The number of ether oxygens (including phenoxy) is 1. The van der Waals surface area contributed by atoms with Gasteiger partial charge >= 0.3 is 0 Å². The van der Waals surface area contributed by atoms with E-state index in [-0.39, 0.29) is 0 Å². The third-order valence-electron chi connectivity index (χ3n) is 2.62. The lowest BCUT2D eigenvalue weighted by molar-refractivity contribution is 0.311. The molecule has 3 nitrogen and oxygen atoms in total. The highest BCUT2D eigenvalue weighted by Crippen LogP contribution is 2.35. The molecule has 1 heterocycles. The maximum atomic E-state index is 6.22. The predicted octanol–water partition coefficient (Wildman–Crippen LogP) is 4.13. The maximum absolute atomic E-state index is 6.22. The van der Waals surface area contributed by atoms with Crippen molar-refractivity contribution < 1.29 is 4.74 Å². The molecule has 0 saturated heterocycles. The summed E-state index contributed by atoms with van der Waals surface area (Å²) in [7, 11) is 1.92. The molecule has 0 aliphatic heterocycles. The smallest absolute Gasteiger partial charge is 0.158 e. The molecule has 0 atom stereocenters. The third-order valence-corrected chi connectivity index (χ3v) is 3.95. The molecule has 1 N–H and O–H groups in total. The van der Waals surface area contributed by atoms with E-state index in [4.69, 9.17) is 27.9 Å². The van der Waals surface area contributed by atoms with Gasteiger partial charge in [-0.3, -0.25) is 0 Å². The van der Waals surface area contributed by atoms with Gasteiger partial charge in [-0.15, -0.1) is 0 Å². The van der Waals surface area contributed by atoms with Gasteiger partial charge in [0.05, 0.1) is 15.2 Å². The molecule has 0 aliphatic carbocycles. The minimum atomic E-state index is 0.436. The van der Waals surface area contributed by atoms with Crippen LogP contribution in [0.25, 0.3) is 10.9 Å². The summed E-state index contributed by atoms with van der Waals surface area (Å²) in [6, 6.07) is 5.48. The van der Waals surface area contributed by atoms with E-state index in [1.165, 1.54) is 0 Å². The number of hydrogen-bond donors (Lipinski definition) is 1. The number of rotatable bonds is 5. The zero-order chi connectivity index (χ0) is 13.8. The van der Waals surface area contributed by atoms with Crippen LogP contribution in [0.2, 0.25) is 10.2 Å². The Morgan fingerprint density at radius 1 is 1.37 bits per heavy atom. The van der Waals surface area contributed by atoms with Gasteiger partial charge < -0.3 is 10.1 Å². The van der Waals surface area contributed by atoms with Gasteiger partial charge in [-0.05, 0) is 60.8 Å². The Labute approximate surface area is 135 Å². The van der Waals surface area contributed by atoms with Crippen LogP contribution in [0.4, 0.5) is 0 Å². The molecule has 0 amide bonds. The summed E-state index contributed by atoms with van der Waals surface area (Å²) in [5.41, 5.74) is 0.717. The van der Waals surface area contributed by atoms with Crippen LogP contribution in [0.3, 0.4) is 0 Å². The van der Waals surface area contributed by atoms with E-state index in [0.717, 1.165) is 27.7 Å². The van der Waals surface area contributed by atoms with Crippen molar-refractivity contribution in [2.75, 3.05) is 20.2 Å². The molecule has 0 saturated carbocycles. The van der Waals surface area contributed by atoms with Crippen molar-refractivity contribution in [3.05, 3.63) is 31.9 Å². The molecule has 2 aromatic rings. The Kier molecular flexibility index (Phi) is 5.50. The van der Waals surface area contributed by atoms with Crippen LogP contribution in [0.5, 0.6) is 5.75 Å². The number of fused-ring (bicyclic) bond motifs is 1. The lowest BCUT2D eigenvalue weighted by Gasteiger charge is -2.12. The number of aromatic nitrogens is 1. The molecule has 0 aliphatic rings. The first-order chi connectivity index (χ1) is 9.13. The van der Waals surface area contributed by atoms with E-state index in [0.29, 0.717) is 22.3 Å². The van der Waals surface area contributed by atoms with Crippen LogP contribution in [0, 0.1) is 3.57 Å². The van der Waals surface area contributed by atoms with E-state index in [1.54, 1.807) is 6.07 Å². The summed E-state index contributed by atoms with van der Waals surface area (Å²) in [5, 5.41) is 5.04. The zero-order valence-corrected chi connectivity index (χ0v) is 14.0. The molecular formula is C13H13Cl2IN2O. The Morgan fingerprint density at radius 3 is 2.89 bits per heavy atom. The van der Waals surface area contributed by atoms with E-state index >= 15 is 0 Å². The third kappa shape index (κ3) is 3.62. The number of benzene rings is 1. The van der Waals surface area contributed by atoms with Gasteiger partial charge in [0.1, 0.15) is 10.7 Å². The Bertz CT molecular complexity index is 592. The maximum Gasteiger partial charge on any atom is 0.158 e. The molecule has 1 aromatic heterocycles. The van der Waals surface area contributed by atoms with Gasteiger partial charge in [-0.25, -0.2) is 4.98 Å². The topological polar surface area (TPSA) is 34.1 Å². The van der Waals surface area contributed by atoms with Crippen molar-refractivity contribution in [1.82, 2.24) is 10.3 Å². The van der Waals surface area contributed by atoms with Crippen molar-refractivity contribution in [2.45, 2.75) is 6.42 Å². The van der Waals surface area contributed by atoms with Crippen LogP contribution in [-0.2, 0) is 0 Å². The Morgan fingerprint density at radius 2 is 2.16 bits per heavy atom. The molecule has 0 radical (unpaired) electrons. The summed E-state index contributed by atoms with van der Waals surface area (Å²) in [6.45, 7) is 1.54. The first-order valence-corrected chi connectivity index (χ1v) is 7.68. The largest absolute Gasteiger partial charge is 0.490 e. The number of halogens is 3. The fourth-order valence-electron chi connectivity index (χ4n) is 1.73. The fraction of sp³-hybridized carbons (Fsp3) is 0.308. The highest BCUT2D eigenvalue weighted by atomic mass is 127. The van der Waals surface area contributed by atoms with Crippen molar-refractivity contribution in [3.8, 4) is 5.75 Å². The number of pyridine rings is 1. The van der Waals surface area contributed by atoms with Crippen LogP contribution in [-0.4, -0.2) is 25.2 Å². The molecular weight excluding hydrogens is 398 g/mol. The molecule has 1 aromatic carbocycles. The minimum Gasteiger partial charge on any atom is -0.490 e. The van der Waals surface area contributed by atoms with Gasteiger partial charge in [0.15, 0.2) is 5.75 Å². The second-order valence-electron chi connectivity index (χ2n) is 4.01. The van der Waals surface area contributed by atoms with Crippen LogP contribution in [0.1, 0.15) is 6.42 Å². The lowest BCUT2D eigenvalue weighted by Crippen LogP contribution is -2.12. The quantitative estimate of drug-likeness (QED) is 0.457. The summed E-state index contributed by atoms with van der Waals surface area (Å²) < 4.78 is 6.77. The first kappa shape index (κ1) is 15.1. The SMILES string of the molecule is CNCCCOc1c(I)cc(Cl)c2ccc(Cl)nc12. The summed E-state index contributed by atoms with van der Waals surface area (Å²) in [6.07, 6.45) is 0.928. The molecule has 0 spiro atoms. The van der Waals surface area contributed by atoms with Gasteiger partial charge in [0.2, 0.25) is 0 Å². The van der Waals surface area contributed by atoms with Crippen molar-refractivity contribution in [1.29, 1.82) is 0 Å². The van der Waals surface area contributed by atoms with E-state index in [1.807, 2.05) is 19.2 Å². The molecule has 102 valence electrons. The molecule has 19 heavy (non-hydrogen) atoms. The van der Waals surface area contributed by atoms with Crippen molar-refractivity contribution in [3.63, 3.8) is 0 Å². The van der Waals surface area contributed by atoms with Crippen molar-refractivity contribution >= 4 is 56.7 Å². The van der Waals surface area contributed by atoms with Gasteiger partial charge in [-0.1, -0.05) is 23.2 Å². The Balaban J connectivity index is 2.38. The van der Waals surface area contributed by atoms with Crippen LogP contribution < -0.4 is 10.1 Å². The summed E-state index contributed by atoms with van der Waals surface area (Å²) in [5.74, 6) is 0.749. The number of nitrogens with zero attached hydrogens (tertiary/aromatic N) is 1. The second kappa shape index (κ2) is 6.92. The summed E-state index contributed by atoms with van der Waals surface area (Å²) in [4.78, 5) is 4.33. The van der Waals surface area contributed by atoms with E-state index in [9.17, 15) is 0 Å². The highest BCUT2D eigenvalue weighted by Gasteiger charge is 2.12. The normalized spacial score (nSPS) is 10.9. The van der Waals surface area contributed by atoms with Gasteiger partial charge in [-0.2, -0.15) is 0 Å². The lowest BCUT2D eigenvalue weighted by atomic mass is 10.2. The molecule has 2 rings (SSSR count). The Hall–Kier alpha value is -0.300. The fourth-order valence-corrected chi connectivity index (χ4v) is 3.05. The predicted molar refractivity (Wildman–Crippen MR) is 88.5 cm³/mol. The number of nitrogens with one attached hydrogen (secondary N) is 1. The molecule has 0 bridgehead atoms. The van der Waals surface area contributed by atoms with Gasteiger partial charge in [0.25, 0.3) is 0 Å². The molecule has 0 unspecified atom stereocenters. The second-order valence-corrected chi connectivity index (χ2v) is 5.96. The first-order valence-electron chi connectivity index (χ1n) is 5.85. The minimum absolute atomic E-state index is 0.436.